The third-order valence-corrected chi connectivity index (χ3v) is 7.67. The van der Waals surface area contributed by atoms with Crippen molar-refractivity contribution >= 4 is 40.1 Å². The Bertz CT molecular complexity index is 1160. The minimum absolute atomic E-state index is 0.234. The summed E-state index contributed by atoms with van der Waals surface area (Å²) in [5.41, 5.74) is 3.01. The molecule has 7 heteroatoms. The van der Waals surface area contributed by atoms with Gasteiger partial charge in [0.1, 0.15) is 17.8 Å². The summed E-state index contributed by atoms with van der Waals surface area (Å²) < 4.78 is 18.2. The smallest absolute Gasteiger partial charge is 0.231 e. The minimum Gasteiger partial charge on any atom is -0.491 e. The van der Waals surface area contributed by atoms with E-state index in [-0.39, 0.29) is 6.79 Å². The van der Waals surface area contributed by atoms with Crippen LogP contribution in [-0.4, -0.2) is 23.3 Å². The lowest BCUT2D eigenvalue weighted by Gasteiger charge is -2.43. The molecule has 29 heavy (non-hydrogen) atoms. The van der Waals surface area contributed by atoms with Gasteiger partial charge in [-0.2, -0.15) is 0 Å². The SMILES string of the molecule is S=C1N(Cc2ccc(Cl)s2)Cc2ccccc2C12COc1cc3c(cc12)OCO3. The molecule has 0 radical (unpaired) electrons. The Labute approximate surface area is 182 Å². The molecule has 6 rings (SSSR count). The molecule has 3 aliphatic rings. The van der Waals surface area contributed by atoms with Crippen molar-refractivity contribution in [2.75, 3.05) is 13.4 Å². The van der Waals surface area contributed by atoms with Crippen LogP contribution in [0.15, 0.2) is 48.5 Å². The largest absolute Gasteiger partial charge is 0.491 e. The van der Waals surface area contributed by atoms with Crippen molar-refractivity contribution in [3.8, 4) is 17.2 Å². The number of rotatable bonds is 2. The number of benzene rings is 2. The molecule has 0 aliphatic carbocycles. The molecule has 3 aliphatic heterocycles. The fourth-order valence-electron chi connectivity index (χ4n) is 4.53. The first kappa shape index (κ1) is 17.6. The van der Waals surface area contributed by atoms with E-state index in [1.807, 2.05) is 18.2 Å². The maximum Gasteiger partial charge on any atom is 0.231 e. The van der Waals surface area contributed by atoms with Crippen LogP contribution >= 0.6 is 35.2 Å². The Morgan fingerprint density at radius 2 is 1.83 bits per heavy atom. The molecular weight excluding hydrogens is 426 g/mol. The van der Waals surface area contributed by atoms with Gasteiger partial charge in [0.15, 0.2) is 11.5 Å². The van der Waals surface area contributed by atoms with Crippen molar-refractivity contribution < 1.29 is 14.2 Å². The van der Waals surface area contributed by atoms with Gasteiger partial charge in [-0.1, -0.05) is 48.1 Å². The average molecular weight is 442 g/mol. The Morgan fingerprint density at radius 1 is 1.00 bits per heavy atom. The first-order chi connectivity index (χ1) is 14.1. The number of halogens is 1. The first-order valence-corrected chi connectivity index (χ1v) is 10.9. The summed E-state index contributed by atoms with van der Waals surface area (Å²) in [4.78, 5) is 4.33. The number of hydrogen-bond donors (Lipinski definition) is 0. The third-order valence-electron chi connectivity index (χ3n) is 5.84. The Hall–Kier alpha value is -2.28. The Balaban J connectivity index is 1.51. The number of thiocarbonyl (C=S) groups is 1. The normalized spacial score (nSPS) is 21.3. The van der Waals surface area contributed by atoms with Gasteiger partial charge in [0.05, 0.1) is 15.9 Å². The van der Waals surface area contributed by atoms with Crippen molar-refractivity contribution in [1.82, 2.24) is 4.90 Å². The molecule has 4 heterocycles. The molecule has 146 valence electrons. The van der Waals surface area contributed by atoms with Crippen LogP contribution in [0.1, 0.15) is 21.6 Å². The molecule has 0 fully saturated rings. The fraction of sp³-hybridized carbons (Fsp3) is 0.227. The van der Waals surface area contributed by atoms with Gasteiger partial charge in [-0.15, -0.1) is 11.3 Å². The van der Waals surface area contributed by atoms with Gasteiger partial charge in [-0.3, -0.25) is 0 Å². The molecule has 4 nitrogen and oxygen atoms in total. The highest BCUT2D eigenvalue weighted by molar-refractivity contribution is 7.80. The summed E-state index contributed by atoms with van der Waals surface area (Å²) in [6, 6.07) is 16.5. The minimum atomic E-state index is -0.512. The lowest BCUT2D eigenvalue weighted by atomic mass is 9.71. The zero-order valence-electron chi connectivity index (χ0n) is 15.3. The van der Waals surface area contributed by atoms with Crippen LogP contribution < -0.4 is 14.2 Å². The third kappa shape index (κ3) is 2.52. The number of ether oxygens (including phenoxy) is 3. The van der Waals surface area contributed by atoms with Gasteiger partial charge in [-0.05, 0) is 29.3 Å². The van der Waals surface area contributed by atoms with Crippen LogP contribution in [0, 0.1) is 0 Å². The molecule has 2 aromatic carbocycles. The summed E-state index contributed by atoms with van der Waals surface area (Å²) in [6.07, 6.45) is 0. The summed E-state index contributed by atoms with van der Waals surface area (Å²) >= 11 is 13.9. The quantitative estimate of drug-likeness (QED) is 0.513. The van der Waals surface area contributed by atoms with E-state index >= 15 is 0 Å². The van der Waals surface area contributed by atoms with Crippen LogP contribution in [-0.2, 0) is 18.5 Å². The van der Waals surface area contributed by atoms with E-state index in [1.165, 1.54) is 16.0 Å². The van der Waals surface area contributed by atoms with E-state index in [0.29, 0.717) is 6.61 Å². The maximum atomic E-state index is 6.18. The number of hydrogen-bond acceptors (Lipinski definition) is 5. The predicted molar refractivity (Wildman–Crippen MR) is 116 cm³/mol. The average Bonchev–Trinajstić information content (AvgIpc) is 3.44. The molecule has 1 atom stereocenters. The van der Waals surface area contributed by atoms with Gasteiger partial charge in [0, 0.05) is 23.1 Å². The number of thiophene rings is 1. The summed E-state index contributed by atoms with van der Waals surface area (Å²) in [5, 5.41) is 0. The lowest BCUT2D eigenvalue weighted by Crippen LogP contribution is -2.51. The summed E-state index contributed by atoms with van der Waals surface area (Å²) in [5.74, 6) is 2.28. The lowest BCUT2D eigenvalue weighted by molar-refractivity contribution is 0.173. The van der Waals surface area contributed by atoms with Crippen molar-refractivity contribution in [2.45, 2.75) is 18.5 Å². The van der Waals surface area contributed by atoms with Gasteiger partial charge in [-0.25, -0.2) is 0 Å². The zero-order valence-corrected chi connectivity index (χ0v) is 17.7. The molecular formula is C22H16ClNO3S2. The highest BCUT2D eigenvalue weighted by atomic mass is 35.5. The molecule has 0 amide bonds. The summed E-state index contributed by atoms with van der Waals surface area (Å²) in [7, 11) is 0. The molecule has 0 saturated carbocycles. The molecule has 0 saturated heterocycles. The van der Waals surface area contributed by atoms with Crippen LogP contribution in [0.25, 0.3) is 0 Å². The molecule has 1 spiro atoms. The molecule has 3 aromatic rings. The van der Waals surface area contributed by atoms with E-state index in [4.69, 9.17) is 38.0 Å². The molecule has 1 unspecified atom stereocenters. The topological polar surface area (TPSA) is 30.9 Å². The van der Waals surface area contributed by atoms with Gasteiger partial charge >= 0.3 is 0 Å². The Kier molecular flexibility index (Phi) is 3.85. The van der Waals surface area contributed by atoms with Crippen molar-refractivity contribution in [1.29, 1.82) is 0 Å². The Morgan fingerprint density at radius 3 is 2.66 bits per heavy atom. The highest BCUT2D eigenvalue weighted by Crippen LogP contribution is 2.52. The van der Waals surface area contributed by atoms with Crippen LogP contribution in [0.3, 0.4) is 0 Å². The highest BCUT2D eigenvalue weighted by Gasteiger charge is 2.52. The molecule has 0 N–H and O–H groups in total. The number of nitrogens with zero attached hydrogens (tertiary/aromatic N) is 1. The van der Waals surface area contributed by atoms with E-state index in [0.717, 1.165) is 45.2 Å². The zero-order chi connectivity index (χ0) is 19.6. The monoisotopic (exact) mass is 441 g/mol. The maximum absolute atomic E-state index is 6.18. The standard InChI is InChI=1S/C22H16ClNO3S2/c23-20-6-5-14(29-20)10-24-9-13-3-1-2-4-15(13)22(21(24)28)11-25-17-8-19-18(7-16(17)22)26-12-27-19/h1-8H,9-12H2. The van der Waals surface area contributed by atoms with Crippen molar-refractivity contribution in [2.24, 2.45) is 0 Å². The van der Waals surface area contributed by atoms with E-state index in [1.54, 1.807) is 11.3 Å². The van der Waals surface area contributed by atoms with E-state index in [2.05, 4.69) is 35.2 Å². The van der Waals surface area contributed by atoms with Crippen molar-refractivity contribution in [3.05, 3.63) is 74.4 Å². The second-order valence-corrected chi connectivity index (χ2v) is 9.61. The van der Waals surface area contributed by atoms with Gasteiger partial charge in [0.2, 0.25) is 6.79 Å². The number of fused-ring (bicyclic) bond motifs is 5. The first-order valence-electron chi connectivity index (χ1n) is 9.34. The van der Waals surface area contributed by atoms with E-state index < -0.39 is 5.41 Å². The van der Waals surface area contributed by atoms with Crippen molar-refractivity contribution in [3.63, 3.8) is 0 Å². The van der Waals surface area contributed by atoms with Crippen LogP contribution in [0.2, 0.25) is 4.34 Å². The fourth-order valence-corrected chi connectivity index (χ4v) is 6.04. The van der Waals surface area contributed by atoms with Crippen LogP contribution in [0.4, 0.5) is 0 Å². The second-order valence-electron chi connectivity index (χ2n) is 7.42. The van der Waals surface area contributed by atoms with Gasteiger partial charge in [0.25, 0.3) is 0 Å². The predicted octanol–water partition coefficient (Wildman–Crippen LogP) is 5.15. The molecule has 1 aromatic heterocycles. The molecule has 0 bridgehead atoms. The van der Waals surface area contributed by atoms with Crippen LogP contribution in [0.5, 0.6) is 17.2 Å². The second kappa shape index (κ2) is 6.36. The summed E-state index contributed by atoms with van der Waals surface area (Å²) in [6.45, 7) is 2.21. The van der Waals surface area contributed by atoms with E-state index in [9.17, 15) is 0 Å². The van der Waals surface area contributed by atoms with Gasteiger partial charge < -0.3 is 19.1 Å².